The number of nitrogens with zero attached hydrogens (tertiary/aromatic N) is 2. The maximum atomic E-state index is 12.3. The van der Waals surface area contributed by atoms with Crippen LogP contribution in [0.25, 0.3) is 0 Å². The predicted molar refractivity (Wildman–Crippen MR) is 83.8 cm³/mol. The lowest BCUT2D eigenvalue weighted by Crippen LogP contribution is -2.50. The molecule has 0 bridgehead atoms. The normalized spacial score (nSPS) is 22.9. The van der Waals surface area contributed by atoms with Crippen molar-refractivity contribution in [2.75, 3.05) is 45.8 Å². The molecule has 0 radical (unpaired) electrons. The van der Waals surface area contributed by atoms with E-state index in [4.69, 9.17) is 0 Å². The van der Waals surface area contributed by atoms with Crippen LogP contribution in [-0.2, 0) is 4.79 Å². The van der Waals surface area contributed by atoms with E-state index in [0.29, 0.717) is 38.5 Å². The fraction of sp³-hybridized carbons (Fsp3) is 0.923. The van der Waals surface area contributed by atoms with Gasteiger partial charge in [0.05, 0.1) is 6.54 Å². The van der Waals surface area contributed by atoms with E-state index >= 15 is 0 Å². The zero-order valence-corrected chi connectivity index (χ0v) is 14.0. The van der Waals surface area contributed by atoms with Crippen molar-refractivity contribution in [3.63, 3.8) is 0 Å². The highest BCUT2D eigenvalue weighted by atomic mass is 35.5. The number of amides is 1. The smallest absolute Gasteiger partial charge is 0.340 e. The van der Waals surface area contributed by atoms with E-state index in [1.807, 2.05) is 0 Å². The zero-order valence-electron chi connectivity index (χ0n) is 12.4. The van der Waals surface area contributed by atoms with Gasteiger partial charge in [0, 0.05) is 32.6 Å². The third-order valence-corrected chi connectivity index (χ3v) is 4.06. The average molecular weight is 366 g/mol. The van der Waals surface area contributed by atoms with Gasteiger partial charge in [0.1, 0.15) is 0 Å². The first-order valence-corrected chi connectivity index (χ1v) is 7.21. The van der Waals surface area contributed by atoms with Crippen LogP contribution in [0.4, 0.5) is 13.2 Å². The largest absolute Gasteiger partial charge is 0.401 e. The van der Waals surface area contributed by atoms with Gasteiger partial charge in [-0.2, -0.15) is 13.2 Å². The van der Waals surface area contributed by atoms with Gasteiger partial charge >= 0.3 is 6.18 Å². The molecule has 9 heteroatoms. The first-order chi connectivity index (χ1) is 9.44. The first kappa shape index (κ1) is 21.8. The fourth-order valence-electron chi connectivity index (χ4n) is 2.86. The summed E-state index contributed by atoms with van der Waals surface area (Å²) >= 11 is 0. The average Bonchev–Trinajstić information content (AvgIpc) is 2.88. The number of piperazine rings is 1. The van der Waals surface area contributed by atoms with Crippen LogP contribution < -0.4 is 5.32 Å². The van der Waals surface area contributed by atoms with Crippen molar-refractivity contribution in [1.82, 2.24) is 15.1 Å². The van der Waals surface area contributed by atoms with Gasteiger partial charge in [0.25, 0.3) is 0 Å². The number of hydrogen-bond donors (Lipinski definition) is 1. The third kappa shape index (κ3) is 7.35. The molecule has 2 heterocycles. The molecule has 0 aliphatic carbocycles. The minimum atomic E-state index is -4.15. The summed E-state index contributed by atoms with van der Waals surface area (Å²) in [4.78, 5) is 15.1. The topological polar surface area (TPSA) is 35.6 Å². The summed E-state index contributed by atoms with van der Waals surface area (Å²) in [5.41, 5.74) is 0. The predicted octanol–water partition coefficient (Wildman–Crippen LogP) is 1.93. The molecular formula is C13H24Cl2F3N3O. The lowest BCUT2D eigenvalue weighted by molar-refractivity contribution is -0.151. The van der Waals surface area contributed by atoms with Gasteiger partial charge in [-0.25, -0.2) is 0 Å². The van der Waals surface area contributed by atoms with Crippen molar-refractivity contribution >= 4 is 30.7 Å². The van der Waals surface area contributed by atoms with Crippen molar-refractivity contribution in [1.29, 1.82) is 0 Å². The van der Waals surface area contributed by atoms with Crippen molar-refractivity contribution in [3.05, 3.63) is 0 Å². The van der Waals surface area contributed by atoms with E-state index in [9.17, 15) is 18.0 Å². The molecule has 1 amide bonds. The molecule has 2 aliphatic heterocycles. The summed E-state index contributed by atoms with van der Waals surface area (Å²) in [6.07, 6.45) is -1.63. The van der Waals surface area contributed by atoms with Crippen LogP contribution in [0.15, 0.2) is 0 Å². The molecule has 1 unspecified atom stereocenters. The molecule has 1 N–H and O–H groups in total. The quantitative estimate of drug-likeness (QED) is 0.826. The van der Waals surface area contributed by atoms with Crippen LogP contribution in [0.3, 0.4) is 0 Å². The van der Waals surface area contributed by atoms with E-state index < -0.39 is 12.7 Å². The Kier molecular flexibility index (Phi) is 9.69. The van der Waals surface area contributed by atoms with Crippen molar-refractivity contribution in [2.45, 2.75) is 25.4 Å². The third-order valence-electron chi connectivity index (χ3n) is 4.06. The van der Waals surface area contributed by atoms with Gasteiger partial charge in [0.15, 0.2) is 0 Å². The van der Waals surface area contributed by atoms with E-state index in [0.717, 1.165) is 25.9 Å². The molecular weight excluding hydrogens is 342 g/mol. The van der Waals surface area contributed by atoms with Crippen LogP contribution in [0.5, 0.6) is 0 Å². The summed E-state index contributed by atoms with van der Waals surface area (Å²) < 4.78 is 36.8. The minimum Gasteiger partial charge on any atom is -0.340 e. The van der Waals surface area contributed by atoms with Gasteiger partial charge in [-0.15, -0.1) is 24.8 Å². The highest BCUT2D eigenvalue weighted by Crippen LogP contribution is 2.19. The lowest BCUT2D eigenvalue weighted by Gasteiger charge is -2.35. The highest BCUT2D eigenvalue weighted by molar-refractivity contribution is 5.85. The molecule has 0 spiro atoms. The van der Waals surface area contributed by atoms with Gasteiger partial charge in [-0.05, 0) is 31.8 Å². The van der Waals surface area contributed by atoms with Crippen LogP contribution in [0, 0.1) is 5.92 Å². The maximum absolute atomic E-state index is 12.3. The Labute approximate surface area is 141 Å². The number of alkyl halides is 3. The maximum Gasteiger partial charge on any atom is 0.401 e. The Balaban J connectivity index is 0.00000220. The molecule has 2 saturated heterocycles. The Morgan fingerprint density at radius 3 is 2.27 bits per heavy atom. The molecule has 0 aromatic rings. The second kappa shape index (κ2) is 9.80. The van der Waals surface area contributed by atoms with Crippen LogP contribution in [0.1, 0.15) is 19.3 Å². The first-order valence-electron chi connectivity index (χ1n) is 7.21. The van der Waals surface area contributed by atoms with Gasteiger partial charge in [0.2, 0.25) is 5.91 Å². The molecule has 22 heavy (non-hydrogen) atoms. The number of carbonyl (C=O) groups excluding carboxylic acids is 1. The number of hydrogen-bond acceptors (Lipinski definition) is 3. The fourth-order valence-corrected chi connectivity index (χ4v) is 2.86. The van der Waals surface area contributed by atoms with Gasteiger partial charge < -0.3 is 10.2 Å². The van der Waals surface area contributed by atoms with E-state index in [1.165, 1.54) is 4.90 Å². The molecule has 0 aromatic carbocycles. The monoisotopic (exact) mass is 365 g/mol. The second-order valence-corrected chi connectivity index (χ2v) is 5.67. The molecule has 4 nitrogen and oxygen atoms in total. The standard InChI is InChI=1S/C13H22F3N3O.2ClH/c14-13(15,16)10-18-5-7-19(8-6-18)12(20)2-1-11-3-4-17-9-11;;/h11,17H,1-10H2;2*1H. The highest BCUT2D eigenvalue weighted by Gasteiger charge is 2.32. The number of rotatable bonds is 4. The summed E-state index contributed by atoms with van der Waals surface area (Å²) in [5.74, 6) is 0.661. The number of carbonyl (C=O) groups is 1. The Hall–Kier alpha value is -0.240. The molecule has 2 fully saturated rings. The van der Waals surface area contributed by atoms with Gasteiger partial charge in [-0.1, -0.05) is 0 Å². The van der Waals surface area contributed by atoms with Crippen LogP contribution in [0.2, 0.25) is 0 Å². The minimum absolute atomic E-state index is 0. The summed E-state index contributed by atoms with van der Waals surface area (Å²) in [7, 11) is 0. The summed E-state index contributed by atoms with van der Waals surface area (Å²) in [5, 5.41) is 3.27. The summed E-state index contributed by atoms with van der Waals surface area (Å²) in [6.45, 7) is 2.59. The molecule has 1 atom stereocenters. The molecule has 0 saturated carbocycles. The van der Waals surface area contributed by atoms with Crippen LogP contribution in [-0.4, -0.2) is 67.7 Å². The Morgan fingerprint density at radius 2 is 1.77 bits per heavy atom. The zero-order chi connectivity index (χ0) is 14.6. The Bertz CT molecular complexity index is 331. The van der Waals surface area contributed by atoms with Crippen molar-refractivity contribution in [3.8, 4) is 0 Å². The number of halogens is 5. The van der Waals surface area contributed by atoms with Gasteiger partial charge in [-0.3, -0.25) is 9.69 Å². The lowest BCUT2D eigenvalue weighted by atomic mass is 10.0. The van der Waals surface area contributed by atoms with Crippen molar-refractivity contribution in [2.24, 2.45) is 5.92 Å². The molecule has 2 aliphatic rings. The molecule has 132 valence electrons. The SMILES string of the molecule is Cl.Cl.O=C(CCC1CCNC1)N1CCN(CC(F)(F)F)CC1. The van der Waals surface area contributed by atoms with E-state index in [2.05, 4.69) is 5.32 Å². The van der Waals surface area contributed by atoms with E-state index in [-0.39, 0.29) is 30.7 Å². The van der Waals surface area contributed by atoms with E-state index in [1.54, 1.807) is 4.90 Å². The Morgan fingerprint density at radius 1 is 1.14 bits per heavy atom. The molecule has 0 aromatic heterocycles. The summed E-state index contributed by atoms with van der Waals surface area (Å²) in [6, 6.07) is 0. The second-order valence-electron chi connectivity index (χ2n) is 5.67. The molecule has 2 rings (SSSR count). The number of nitrogens with one attached hydrogen (secondary N) is 1. The van der Waals surface area contributed by atoms with Crippen LogP contribution >= 0.6 is 24.8 Å². The van der Waals surface area contributed by atoms with Crippen molar-refractivity contribution < 1.29 is 18.0 Å².